The molecule has 1 aliphatic rings. The Morgan fingerprint density at radius 2 is 1.45 bits per heavy atom. The molecule has 1 atom stereocenters. The van der Waals surface area contributed by atoms with Crippen LogP contribution in [0.5, 0.6) is 0 Å². The predicted molar refractivity (Wildman–Crippen MR) is 123 cm³/mol. The van der Waals surface area contributed by atoms with Crippen LogP contribution in [0.25, 0.3) is 11.1 Å². The summed E-state index contributed by atoms with van der Waals surface area (Å²) in [7, 11) is 0. The molecule has 3 aromatic carbocycles. The first kappa shape index (κ1) is 21.3. The summed E-state index contributed by atoms with van der Waals surface area (Å²) in [6.07, 6.45) is 1.27. The van der Waals surface area contributed by atoms with Crippen LogP contribution in [0.15, 0.2) is 84.9 Å². The number of carbonyl (C=O) groups excluding carboxylic acids is 1. The van der Waals surface area contributed by atoms with Gasteiger partial charge in [0.05, 0.1) is 12.0 Å². The smallest absolute Gasteiger partial charge is 0.230 e. The van der Waals surface area contributed by atoms with E-state index in [1.165, 1.54) is 0 Å². The van der Waals surface area contributed by atoms with Crippen molar-refractivity contribution in [2.75, 3.05) is 19.8 Å². The molecule has 1 aliphatic heterocycles. The lowest BCUT2D eigenvalue weighted by Crippen LogP contribution is -2.51. The van der Waals surface area contributed by atoms with Gasteiger partial charge < -0.3 is 15.2 Å². The van der Waals surface area contributed by atoms with E-state index in [0.29, 0.717) is 26.1 Å². The summed E-state index contributed by atoms with van der Waals surface area (Å²) in [5, 5.41) is 14.1. The first-order valence-corrected chi connectivity index (χ1v) is 10.8. The van der Waals surface area contributed by atoms with Crippen LogP contribution in [-0.2, 0) is 20.5 Å². The van der Waals surface area contributed by atoms with Crippen LogP contribution in [0.1, 0.15) is 30.9 Å². The van der Waals surface area contributed by atoms with Crippen molar-refractivity contribution in [3.63, 3.8) is 0 Å². The zero-order valence-corrected chi connectivity index (χ0v) is 17.9. The summed E-state index contributed by atoms with van der Waals surface area (Å²) in [6, 6.07) is 27.9. The van der Waals surface area contributed by atoms with Gasteiger partial charge in [0.1, 0.15) is 5.60 Å². The first-order chi connectivity index (χ1) is 15.0. The Morgan fingerprint density at radius 1 is 0.903 bits per heavy atom. The second-order valence-corrected chi connectivity index (χ2v) is 8.46. The van der Waals surface area contributed by atoms with Gasteiger partial charge in [-0.15, -0.1) is 0 Å². The number of hydrogen-bond acceptors (Lipinski definition) is 3. The quantitative estimate of drug-likeness (QED) is 0.626. The Bertz CT molecular complexity index is 992. The summed E-state index contributed by atoms with van der Waals surface area (Å²) in [5.74, 6) is -0.0526. The fourth-order valence-corrected chi connectivity index (χ4v) is 4.30. The average Bonchev–Trinajstić information content (AvgIpc) is 2.84. The van der Waals surface area contributed by atoms with Crippen LogP contribution >= 0.6 is 0 Å². The van der Waals surface area contributed by atoms with Crippen LogP contribution in [0.3, 0.4) is 0 Å². The van der Waals surface area contributed by atoms with Crippen molar-refractivity contribution in [3.8, 4) is 11.1 Å². The van der Waals surface area contributed by atoms with Crippen molar-refractivity contribution in [1.29, 1.82) is 0 Å². The van der Waals surface area contributed by atoms with E-state index >= 15 is 0 Å². The topological polar surface area (TPSA) is 58.6 Å². The van der Waals surface area contributed by atoms with Gasteiger partial charge in [0.15, 0.2) is 0 Å². The Labute approximate surface area is 183 Å². The molecule has 0 saturated carbocycles. The van der Waals surface area contributed by atoms with Gasteiger partial charge in [0.2, 0.25) is 5.91 Å². The Kier molecular flexibility index (Phi) is 6.21. The number of hydrogen-bond donors (Lipinski definition) is 2. The van der Waals surface area contributed by atoms with E-state index in [0.717, 1.165) is 22.3 Å². The Hall–Kier alpha value is -2.95. The van der Waals surface area contributed by atoms with E-state index < -0.39 is 11.0 Å². The van der Waals surface area contributed by atoms with Crippen molar-refractivity contribution < 1.29 is 14.6 Å². The average molecular weight is 416 g/mol. The van der Waals surface area contributed by atoms with Crippen molar-refractivity contribution in [2.45, 2.75) is 30.8 Å². The minimum absolute atomic E-state index is 0.0526. The van der Waals surface area contributed by atoms with Crippen molar-refractivity contribution in [3.05, 3.63) is 96.1 Å². The van der Waals surface area contributed by atoms with Gasteiger partial charge in [-0.25, -0.2) is 0 Å². The third kappa shape index (κ3) is 4.55. The minimum atomic E-state index is -1.17. The van der Waals surface area contributed by atoms with Crippen molar-refractivity contribution >= 4 is 5.91 Å². The second kappa shape index (κ2) is 9.04. The molecule has 4 heteroatoms. The number of ether oxygens (including phenoxy) is 1. The van der Waals surface area contributed by atoms with Crippen molar-refractivity contribution in [2.24, 2.45) is 0 Å². The van der Waals surface area contributed by atoms with Crippen LogP contribution in [0.2, 0.25) is 0 Å². The van der Waals surface area contributed by atoms with Gasteiger partial charge >= 0.3 is 0 Å². The fourth-order valence-electron chi connectivity index (χ4n) is 4.30. The van der Waals surface area contributed by atoms with E-state index in [4.69, 9.17) is 4.74 Å². The summed E-state index contributed by atoms with van der Waals surface area (Å²) in [4.78, 5) is 13.4. The summed E-state index contributed by atoms with van der Waals surface area (Å²) in [5.41, 5.74) is 2.21. The zero-order valence-electron chi connectivity index (χ0n) is 17.9. The molecule has 3 aromatic rings. The molecule has 0 unspecified atom stereocenters. The zero-order chi connectivity index (χ0) is 21.7. The maximum Gasteiger partial charge on any atom is 0.230 e. The molecule has 0 aliphatic carbocycles. The SMILES string of the molecule is C[C@@](O)(CNC(=O)C1(c2ccccc2)CCOCC1)c1ccc(-c2ccccc2)cc1. The highest BCUT2D eigenvalue weighted by Crippen LogP contribution is 2.35. The van der Waals surface area contributed by atoms with Crippen molar-refractivity contribution in [1.82, 2.24) is 5.32 Å². The molecule has 0 radical (unpaired) electrons. The number of nitrogens with one attached hydrogen (secondary N) is 1. The molecule has 0 bridgehead atoms. The van der Waals surface area contributed by atoms with E-state index in [1.807, 2.05) is 72.8 Å². The number of aliphatic hydroxyl groups is 1. The highest BCUT2D eigenvalue weighted by Gasteiger charge is 2.42. The van der Waals surface area contributed by atoms with Crippen LogP contribution in [0.4, 0.5) is 0 Å². The molecule has 4 rings (SSSR count). The lowest BCUT2D eigenvalue weighted by atomic mass is 9.73. The van der Waals surface area contributed by atoms with Gasteiger partial charge in [-0.05, 0) is 42.0 Å². The molecule has 4 nitrogen and oxygen atoms in total. The van der Waals surface area contributed by atoms with Gasteiger partial charge in [-0.3, -0.25) is 4.79 Å². The Balaban J connectivity index is 1.48. The third-order valence-electron chi connectivity index (χ3n) is 6.31. The maximum atomic E-state index is 13.4. The number of benzene rings is 3. The van der Waals surface area contributed by atoms with Gasteiger partial charge in [0.25, 0.3) is 0 Å². The highest BCUT2D eigenvalue weighted by molar-refractivity contribution is 5.88. The van der Waals surface area contributed by atoms with Gasteiger partial charge in [0, 0.05) is 13.2 Å². The molecular formula is C27H29NO3. The van der Waals surface area contributed by atoms with Gasteiger partial charge in [-0.2, -0.15) is 0 Å². The number of amides is 1. The maximum absolute atomic E-state index is 13.4. The van der Waals surface area contributed by atoms with Crippen LogP contribution in [0, 0.1) is 0 Å². The predicted octanol–water partition coefficient (Wildman–Crippen LogP) is 4.43. The Morgan fingerprint density at radius 3 is 2.06 bits per heavy atom. The summed E-state index contributed by atoms with van der Waals surface area (Å²) >= 11 is 0. The van der Waals surface area contributed by atoms with E-state index in [9.17, 15) is 9.90 Å². The molecule has 31 heavy (non-hydrogen) atoms. The van der Waals surface area contributed by atoms with E-state index in [1.54, 1.807) is 6.92 Å². The monoisotopic (exact) mass is 415 g/mol. The summed E-state index contributed by atoms with van der Waals surface area (Å²) in [6.45, 7) is 3.00. The standard InChI is InChI=1S/C27H29NO3/c1-26(30,23-14-12-22(13-15-23)21-8-4-2-5-9-21)20-28-25(29)27(16-18-31-19-17-27)24-10-6-3-7-11-24/h2-15,30H,16-20H2,1H3,(H,28,29)/t26-/m1/s1. The van der Waals surface area contributed by atoms with E-state index in [2.05, 4.69) is 17.4 Å². The summed E-state index contributed by atoms with van der Waals surface area (Å²) < 4.78 is 5.53. The normalized spacial score (nSPS) is 17.5. The highest BCUT2D eigenvalue weighted by atomic mass is 16.5. The molecular weight excluding hydrogens is 386 g/mol. The fraction of sp³-hybridized carbons (Fsp3) is 0.296. The number of carbonyl (C=O) groups is 1. The second-order valence-electron chi connectivity index (χ2n) is 8.46. The molecule has 1 amide bonds. The first-order valence-electron chi connectivity index (χ1n) is 10.8. The number of rotatable bonds is 6. The molecule has 1 saturated heterocycles. The van der Waals surface area contributed by atoms with Gasteiger partial charge in [-0.1, -0.05) is 84.9 Å². The molecule has 2 N–H and O–H groups in total. The molecule has 160 valence electrons. The molecule has 1 fully saturated rings. The lowest BCUT2D eigenvalue weighted by molar-refractivity contribution is -0.131. The third-order valence-corrected chi connectivity index (χ3v) is 6.31. The lowest BCUT2D eigenvalue weighted by Gasteiger charge is -2.37. The van der Waals surface area contributed by atoms with Crippen LogP contribution in [-0.4, -0.2) is 30.8 Å². The molecule has 0 aromatic heterocycles. The minimum Gasteiger partial charge on any atom is -0.384 e. The molecule has 1 heterocycles. The molecule has 0 spiro atoms. The van der Waals surface area contributed by atoms with E-state index in [-0.39, 0.29) is 12.5 Å². The van der Waals surface area contributed by atoms with Crippen LogP contribution < -0.4 is 5.32 Å². The largest absolute Gasteiger partial charge is 0.384 e.